The van der Waals surface area contributed by atoms with E-state index < -0.39 is 56.9 Å². The Labute approximate surface area is 221 Å². The van der Waals surface area contributed by atoms with E-state index in [1.165, 1.54) is 32.0 Å². The number of anilines is 3. The molecular weight excluding hydrogens is 537 g/mol. The summed E-state index contributed by atoms with van der Waals surface area (Å²) in [5, 5.41) is 13.9. The van der Waals surface area contributed by atoms with Gasteiger partial charge in [0.05, 0.1) is 28.3 Å². The van der Waals surface area contributed by atoms with Crippen LogP contribution in [0.1, 0.15) is 31.1 Å². The SMILES string of the molecule is CCN(C(=O)C(C)C#N)c1c(F)ccc(NC(=O)c2cc(NC(=O)[C@H]3[C@H](C)C3(Cl)Cl)ccc2Cl)c1F. The Balaban J connectivity index is 1.86. The van der Waals surface area contributed by atoms with Crippen LogP contribution in [0.2, 0.25) is 5.02 Å². The van der Waals surface area contributed by atoms with Crippen LogP contribution in [0, 0.1) is 40.7 Å². The van der Waals surface area contributed by atoms with E-state index >= 15 is 4.39 Å². The zero-order valence-electron chi connectivity index (χ0n) is 19.3. The molecule has 1 fully saturated rings. The maximum Gasteiger partial charge on any atom is 0.257 e. The molecule has 190 valence electrons. The highest BCUT2D eigenvalue weighted by Crippen LogP contribution is 2.59. The van der Waals surface area contributed by atoms with Crippen LogP contribution in [-0.4, -0.2) is 28.6 Å². The predicted molar refractivity (Wildman–Crippen MR) is 134 cm³/mol. The van der Waals surface area contributed by atoms with Crippen LogP contribution < -0.4 is 15.5 Å². The molecule has 0 heterocycles. The Hall–Kier alpha value is -2.93. The molecule has 0 spiro atoms. The zero-order chi connectivity index (χ0) is 26.9. The minimum absolute atomic E-state index is 0.00488. The first kappa shape index (κ1) is 27.7. The molecule has 7 nitrogen and oxygen atoms in total. The third-order valence-electron chi connectivity index (χ3n) is 5.91. The second-order valence-electron chi connectivity index (χ2n) is 8.27. The average molecular weight is 558 g/mol. The fraction of sp³-hybridized carbons (Fsp3) is 0.333. The van der Waals surface area contributed by atoms with Crippen molar-refractivity contribution in [2.75, 3.05) is 22.1 Å². The fourth-order valence-corrected chi connectivity index (χ4v) is 4.57. The quantitative estimate of drug-likeness (QED) is 0.423. The summed E-state index contributed by atoms with van der Waals surface area (Å²) < 4.78 is 28.6. The smallest absolute Gasteiger partial charge is 0.257 e. The lowest BCUT2D eigenvalue weighted by Crippen LogP contribution is -2.36. The summed E-state index contributed by atoms with van der Waals surface area (Å²) in [5.74, 6) is -6.35. The molecule has 0 saturated heterocycles. The number of benzene rings is 2. The van der Waals surface area contributed by atoms with Gasteiger partial charge in [-0.1, -0.05) is 18.5 Å². The van der Waals surface area contributed by atoms with Gasteiger partial charge in [-0.25, -0.2) is 8.78 Å². The predicted octanol–water partition coefficient (Wildman–Crippen LogP) is 5.76. The minimum Gasteiger partial charge on any atom is -0.326 e. The lowest BCUT2D eigenvalue weighted by molar-refractivity contribution is -0.120. The van der Waals surface area contributed by atoms with Crippen LogP contribution in [0.15, 0.2) is 30.3 Å². The number of halogens is 5. The molecule has 1 aliphatic rings. The summed E-state index contributed by atoms with van der Waals surface area (Å²) in [4.78, 5) is 38.6. The van der Waals surface area contributed by atoms with Crippen molar-refractivity contribution in [3.8, 4) is 6.07 Å². The van der Waals surface area contributed by atoms with Gasteiger partial charge in [0.25, 0.3) is 5.91 Å². The van der Waals surface area contributed by atoms with Gasteiger partial charge in [0, 0.05) is 18.2 Å². The summed E-state index contributed by atoms with van der Waals surface area (Å²) in [6.07, 6.45) is 0. The van der Waals surface area contributed by atoms with E-state index in [9.17, 15) is 18.8 Å². The topological polar surface area (TPSA) is 102 Å². The van der Waals surface area contributed by atoms with Crippen LogP contribution >= 0.6 is 34.8 Å². The Bertz CT molecular complexity index is 1280. The lowest BCUT2D eigenvalue weighted by atomic mass is 10.1. The van der Waals surface area contributed by atoms with Gasteiger partial charge in [0.2, 0.25) is 11.8 Å². The Morgan fingerprint density at radius 1 is 1.19 bits per heavy atom. The number of carbonyl (C=O) groups excluding carboxylic acids is 3. The molecule has 0 aliphatic heterocycles. The molecule has 1 aliphatic carbocycles. The lowest BCUT2D eigenvalue weighted by Gasteiger charge is -2.24. The number of alkyl halides is 2. The van der Waals surface area contributed by atoms with Crippen LogP contribution in [-0.2, 0) is 9.59 Å². The Morgan fingerprint density at radius 3 is 2.39 bits per heavy atom. The maximum atomic E-state index is 15.3. The Kier molecular flexibility index (Phi) is 8.13. The van der Waals surface area contributed by atoms with Gasteiger partial charge >= 0.3 is 0 Å². The molecule has 3 amide bonds. The molecule has 2 aromatic rings. The van der Waals surface area contributed by atoms with E-state index in [0.717, 1.165) is 17.0 Å². The van der Waals surface area contributed by atoms with Gasteiger partial charge in [0.1, 0.15) is 21.8 Å². The van der Waals surface area contributed by atoms with Crippen molar-refractivity contribution in [2.24, 2.45) is 17.8 Å². The van der Waals surface area contributed by atoms with Gasteiger partial charge < -0.3 is 15.5 Å². The second-order valence-corrected chi connectivity index (χ2v) is 10.1. The summed E-state index contributed by atoms with van der Waals surface area (Å²) >= 11 is 18.2. The van der Waals surface area contributed by atoms with Crippen molar-refractivity contribution in [3.05, 3.63) is 52.6 Å². The summed E-state index contributed by atoms with van der Waals surface area (Å²) in [7, 11) is 0. The Morgan fingerprint density at radius 2 is 1.83 bits per heavy atom. The molecule has 2 N–H and O–H groups in total. The van der Waals surface area contributed by atoms with Crippen molar-refractivity contribution in [3.63, 3.8) is 0 Å². The van der Waals surface area contributed by atoms with Crippen molar-refractivity contribution in [1.29, 1.82) is 5.26 Å². The molecular formula is C24H21Cl3F2N4O3. The first-order valence-electron chi connectivity index (χ1n) is 10.8. The molecule has 0 radical (unpaired) electrons. The third kappa shape index (κ3) is 5.26. The molecule has 0 aromatic heterocycles. The molecule has 36 heavy (non-hydrogen) atoms. The van der Waals surface area contributed by atoms with E-state index in [0.29, 0.717) is 0 Å². The molecule has 1 unspecified atom stereocenters. The van der Waals surface area contributed by atoms with E-state index in [2.05, 4.69) is 10.6 Å². The van der Waals surface area contributed by atoms with E-state index in [1.807, 2.05) is 0 Å². The zero-order valence-corrected chi connectivity index (χ0v) is 21.6. The second kappa shape index (κ2) is 10.6. The molecule has 3 atom stereocenters. The number of hydrogen-bond acceptors (Lipinski definition) is 4. The number of nitriles is 1. The number of hydrogen-bond donors (Lipinski definition) is 2. The fourth-order valence-electron chi connectivity index (χ4n) is 3.67. The maximum absolute atomic E-state index is 15.3. The summed E-state index contributed by atoms with van der Waals surface area (Å²) in [6.45, 7) is 4.41. The van der Waals surface area contributed by atoms with Crippen LogP contribution in [0.5, 0.6) is 0 Å². The van der Waals surface area contributed by atoms with Crippen LogP contribution in [0.3, 0.4) is 0 Å². The van der Waals surface area contributed by atoms with Gasteiger partial charge in [-0.15, -0.1) is 23.2 Å². The highest BCUT2D eigenvalue weighted by atomic mass is 35.5. The van der Waals surface area contributed by atoms with Crippen molar-refractivity contribution < 1.29 is 23.2 Å². The normalized spacial score (nSPS) is 18.5. The molecule has 2 aromatic carbocycles. The highest BCUT2D eigenvalue weighted by Gasteiger charge is 2.64. The van der Waals surface area contributed by atoms with Gasteiger partial charge in [0.15, 0.2) is 5.82 Å². The number of nitrogens with one attached hydrogen (secondary N) is 2. The summed E-state index contributed by atoms with van der Waals surface area (Å²) in [5.41, 5.74) is -0.989. The summed E-state index contributed by atoms with van der Waals surface area (Å²) in [6, 6.07) is 7.73. The molecule has 1 saturated carbocycles. The van der Waals surface area contributed by atoms with Gasteiger partial charge in [-0.05, 0) is 44.2 Å². The van der Waals surface area contributed by atoms with Gasteiger partial charge in [-0.3, -0.25) is 14.4 Å². The van der Waals surface area contributed by atoms with E-state index in [4.69, 9.17) is 40.1 Å². The number of carbonyl (C=O) groups is 3. The van der Waals surface area contributed by atoms with Crippen LogP contribution in [0.4, 0.5) is 25.8 Å². The minimum atomic E-state index is -1.20. The molecule has 3 rings (SSSR count). The number of rotatable bonds is 7. The number of nitrogens with zero attached hydrogens (tertiary/aromatic N) is 2. The van der Waals surface area contributed by atoms with Crippen molar-refractivity contribution in [1.82, 2.24) is 0 Å². The average Bonchev–Trinajstić information content (AvgIpc) is 3.35. The third-order valence-corrected chi connectivity index (χ3v) is 7.39. The molecule has 0 bridgehead atoms. The first-order valence-corrected chi connectivity index (χ1v) is 12.0. The highest BCUT2D eigenvalue weighted by molar-refractivity contribution is 6.53. The monoisotopic (exact) mass is 556 g/mol. The largest absolute Gasteiger partial charge is 0.326 e. The van der Waals surface area contributed by atoms with E-state index in [-0.39, 0.29) is 28.7 Å². The standard InChI is InChI=1S/C24H21Cl3F2N4O3/c1-4-33(23(36)11(2)10-30)20-16(28)7-8-17(19(20)29)32-21(34)14-9-13(5-6-15(14)25)31-22(35)18-12(3)24(18,26)27/h5-9,11-12,18H,4H2,1-3H3,(H,31,35)(H,32,34)/t11?,12-,18+/m0/s1. The molecule has 12 heteroatoms. The van der Waals surface area contributed by atoms with Crippen molar-refractivity contribution >= 4 is 69.6 Å². The van der Waals surface area contributed by atoms with Gasteiger partial charge in [-0.2, -0.15) is 5.26 Å². The van der Waals surface area contributed by atoms with E-state index in [1.54, 1.807) is 13.0 Å². The van der Waals surface area contributed by atoms with Crippen molar-refractivity contribution in [2.45, 2.75) is 25.1 Å². The first-order chi connectivity index (χ1) is 16.8. The van der Waals surface area contributed by atoms with Crippen LogP contribution in [0.25, 0.3) is 0 Å². The number of amides is 3.